The molecule has 0 amide bonds. The van der Waals surface area contributed by atoms with Crippen LogP contribution in [0.4, 0.5) is 0 Å². The molecule has 0 fully saturated rings. The predicted octanol–water partition coefficient (Wildman–Crippen LogP) is 3.41. The standard InChI is InChI=1S/C17H19N3/c1-11-7-15-17(8-12(11)2)20(10-19-15)16-5-4-14(9-18)6-13(16)3/h4-8,10H,9,18H2,1-3H3. The molecule has 2 N–H and O–H groups in total. The summed E-state index contributed by atoms with van der Waals surface area (Å²) in [4.78, 5) is 4.52. The van der Waals surface area contributed by atoms with Gasteiger partial charge in [-0.3, -0.25) is 4.57 Å². The number of aromatic nitrogens is 2. The van der Waals surface area contributed by atoms with E-state index in [0.717, 1.165) is 22.3 Å². The zero-order chi connectivity index (χ0) is 14.3. The number of aryl methyl sites for hydroxylation is 3. The number of hydrogen-bond donors (Lipinski definition) is 1. The van der Waals surface area contributed by atoms with Gasteiger partial charge in [-0.05, 0) is 61.2 Å². The van der Waals surface area contributed by atoms with E-state index in [0.29, 0.717) is 6.54 Å². The van der Waals surface area contributed by atoms with Gasteiger partial charge in [0, 0.05) is 6.54 Å². The first kappa shape index (κ1) is 12.9. The number of rotatable bonds is 2. The van der Waals surface area contributed by atoms with Crippen LogP contribution < -0.4 is 5.73 Å². The first-order valence-corrected chi connectivity index (χ1v) is 6.84. The summed E-state index contributed by atoms with van der Waals surface area (Å²) < 4.78 is 2.15. The molecule has 2 aromatic carbocycles. The van der Waals surface area contributed by atoms with E-state index in [-0.39, 0.29) is 0 Å². The Kier molecular flexibility index (Phi) is 3.07. The fraction of sp³-hybridized carbons (Fsp3) is 0.235. The predicted molar refractivity (Wildman–Crippen MR) is 83.2 cm³/mol. The molecule has 3 aromatic rings. The highest BCUT2D eigenvalue weighted by molar-refractivity contribution is 5.79. The molecule has 3 nitrogen and oxygen atoms in total. The second kappa shape index (κ2) is 4.76. The molecule has 0 spiro atoms. The van der Waals surface area contributed by atoms with E-state index in [1.54, 1.807) is 0 Å². The summed E-state index contributed by atoms with van der Waals surface area (Å²) in [5.74, 6) is 0. The van der Waals surface area contributed by atoms with Crippen molar-refractivity contribution in [1.29, 1.82) is 0 Å². The number of imidazole rings is 1. The van der Waals surface area contributed by atoms with Gasteiger partial charge in [-0.15, -0.1) is 0 Å². The van der Waals surface area contributed by atoms with Crippen LogP contribution in [0.1, 0.15) is 22.3 Å². The summed E-state index contributed by atoms with van der Waals surface area (Å²) in [6, 6.07) is 10.7. The molecule has 0 radical (unpaired) electrons. The summed E-state index contributed by atoms with van der Waals surface area (Å²) in [7, 11) is 0. The van der Waals surface area contributed by atoms with Crippen LogP contribution >= 0.6 is 0 Å². The van der Waals surface area contributed by atoms with E-state index in [4.69, 9.17) is 5.73 Å². The molecule has 0 aliphatic carbocycles. The molecule has 0 unspecified atom stereocenters. The number of fused-ring (bicyclic) bond motifs is 1. The van der Waals surface area contributed by atoms with E-state index in [1.165, 1.54) is 16.7 Å². The minimum atomic E-state index is 0.574. The third kappa shape index (κ3) is 2.00. The SMILES string of the molecule is Cc1cc2ncn(-c3ccc(CN)cc3C)c2cc1C. The van der Waals surface area contributed by atoms with Crippen molar-refractivity contribution in [2.75, 3.05) is 0 Å². The van der Waals surface area contributed by atoms with Gasteiger partial charge in [-0.1, -0.05) is 12.1 Å². The van der Waals surface area contributed by atoms with Gasteiger partial charge in [0.15, 0.2) is 0 Å². The zero-order valence-electron chi connectivity index (χ0n) is 12.1. The van der Waals surface area contributed by atoms with Gasteiger partial charge in [0.2, 0.25) is 0 Å². The molecule has 0 bridgehead atoms. The molecule has 102 valence electrons. The van der Waals surface area contributed by atoms with Crippen molar-refractivity contribution in [2.24, 2.45) is 5.73 Å². The van der Waals surface area contributed by atoms with Gasteiger partial charge >= 0.3 is 0 Å². The van der Waals surface area contributed by atoms with Gasteiger partial charge in [0.05, 0.1) is 16.7 Å². The van der Waals surface area contributed by atoms with Crippen LogP contribution in [-0.2, 0) is 6.54 Å². The normalized spacial score (nSPS) is 11.2. The molecular formula is C17H19N3. The molecule has 0 aliphatic rings. The van der Waals surface area contributed by atoms with Crippen LogP contribution in [0, 0.1) is 20.8 Å². The lowest BCUT2D eigenvalue weighted by molar-refractivity contribution is 1.03. The van der Waals surface area contributed by atoms with Crippen LogP contribution in [0.3, 0.4) is 0 Å². The van der Waals surface area contributed by atoms with Gasteiger partial charge < -0.3 is 5.73 Å². The molecule has 20 heavy (non-hydrogen) atoms. The number of nitrogens with zero attached hydrogens (tertiary/aromatic N) is 2. The second-order valence-corrected chi connectivity index (χ2v) is 5.36. The quantitative estimate of drug-likeness (QED) is 0.771. The van der Waals surface area contributed by atoms with E-state index in [2.05, 4.69) is 60.7 Å². The summed E-state index contributed by atoms with van der Waals surface area (Å²) in [6.07, 6.45) is 1.90. The molecule has 1 aromatic heterocycles. The van der Waals surface area contributed by atoms with Crippen LogP contribution in [0.25, 0.3) is 16.7 Å². The molecule has 0 saturated carbocycles. The summed E-state index contributed by atoms with van der Waals surface area (Å²) in [6.45, 7) is 6.94. The minimum absolute atomic E-state index is 0.574. The second-order valence-electron chi connectivity index (χ2n) is 5.36. The van der Waals surface area contributed by atoms with Crippen molar-refractivity contribution >= 4 is 11.0 Å². The van der Waals surface area contributed by atoms with Crippen LogP contribution in [-0.4, -0.2) is 9.55 Å². The third-order valence-corrected chi connectivity index (χ3v) is 3.92. The van der Waals surface area contributed by atoms with Gasteiger partial charge in [0.1, 0.15) is 6.33 Å². The summed E-state index contributed by atoms with van der Waals surface area (Å²) in [5, 5.41) is 0. The van der Waals surface area contributed by atoms with Crippen LogP contribution in [0.2, 0.25) is 0 Å². The Hall–Kier alpha value is -2.13. The van der Waals surface area contributed by atoms with Crippen LogP contribution in [0.15, 0.2) is 36.7 Å². The lowest BCUT2D eigenvalue weighted by Gasteiger charge is -2.10. The van der Waals surface area contributed by atoms with E-state index < -0.39 is 0 Å². The summed E-state index contributed by atoms with van der Waals surface area (Å²) >= 11 is 0. The molecule has 0 saturated heterocycles. The third-order valence-electron chi connectivity index (χ3n) is 3.92. The maximum absolute atomic E-state index is 5.70. The Morgan fingerprint density at radius 3 is 2.45 bits per heavy atom. The topological polar surface area (TPSA) is 43.8 Å². The largest absolute Gasteiger partial charge is 0.326 e. The average molecular weight is 265 g/mol. The fourth-order valence-electron chi connectivity index (χ4n) is 2.57. The van der Waals surface area contributed by atoms with Crippen molar-refractivity contribution in [3.63, 3.8) is 0 Å². The molecule has 1 heterocycles. The highest BCUT2D eigenvalue weighted by atomic mass is 15.0. The minimum Gasteiger partial charge on any atom is -0.326 e. The Balaban J connectivity index is 2.22. The van der Waals surface area contributed by atoms with Crippen molar-refractivity contribution < 1.29 is 0 Å². The molecular weight excluding hydrogens is 246 g/mol. The smallest absolute Gasteiger partial charge is 0.100 e. The van der Waals surface area contributed by atoms with Crippen molar-refractivity contribution in [2.45, 2.75) is 27.3 Å². The Morgan fingerprint density at radius 2 is 1.75 bits per heavy atom. The maximum Gasteiger partial charge on any atom is 0.100 e. The van der Waals surface area contributed by atoms with Gasteiger partial charge in [-0.2, -0.15) is 0 Å². The highest BCUT2D eigenvalue weighted by Gasteiger charge is 2.08. The number of nitrogens with two attached hydrogens (primary N) is 1. The molecule has 3 heteroatoms. The van der Waals surface area contributed by atoms with Gasteiger partial charge in [0.25, 0.3) is 0 Å². The maximum atomic E-state index is 5.70. The zero-order valence-corrected chi connectivity index (χ0v) is 12.1. The summed E-state index contributed by atoms with van der Waals surface area (Å²) in [5.41, 5.74) is 14.0. The molecule has 0 aliphatic heterocycles. The Morgan fingerprint density at radius 1 is 1.00 bits per heavy atom. The van der Waals surface area contributed by atoms with Crippen molar-refractivity contribution in [1.82, 2.24) is 9.55 Å². The molecule has 3 rings (SSSR count). The average Bonchev–Trinajstić information content (AvgIpc) is 2.82. The number of hydrogen-bond acceptors (Lipinski definition) is 2. The number of benzene rings is 2. The Labute approximate surface area is 119 Å². The van der Waals surface area contributed by atoms with E-state index in [9.17, 15) is 0 Å². The first-order chi connectivity index (χ1) is 9.60. The van der Waals surface area contributed by atoms with E-state index >= 15 is 0 Å². The van der Waals surface area contributed by atoms with E-state index in [1.807, 2.05) is 6.33 Å². The fourth-order valence-corrected chi connectivity index (χ4v) is 2.57. The monoisotopic (exact) mass is 265 g/mol. The Bertz CT molecular complexity index is 784. The lowest BCUT2D eigenvalue weighted by atomic mass is 10.1. The lowest BCUT2D eigenvalue weighted by Crippen LogP contribution is -2.00. The van der Waals surface area contributed by atoms with Crippen molar-refractivity contribution in [3.05, 3.63) is 58.9 Å². The molecule has 0 atom stereocenters. The van der Waals surface area contributed by atoms with Crippen molar-refractivity contribution in [3.8, 4) is 5.69 Å². The first-order valence-electron chi connectivity index (χ1n) is 6.84. The highest BCUT2D eigenvalue weighted by Crippen LogP contribution is 2.24. The van der Waals surface area contributed by atoms with Crippen LogP contribution in [0.5, 0.6) is 0 Å². The van der Waals surface area contributed by atoms with Gasteiger partial charge in [-0.25, -0.2) is 4.98 Å².